The standard InChI is InChI=1S/C21H22N2O4/c1-3-23(4-2)10-9-19(25)22-17-11-15-16(12-18(17)24)21(27)14-8-6-5-7-13(14)20(15)26/h5-8,11-12,24H,3-4,9-10H2,1-2H3,(H,22,25). The average Bonchev–Trinajstić information content (AvgIpc) is 2.68. The van der Waals surface area contributed by atoms with E-state index in [-0.39, 0.29) is 46.5 Å². The summed E-state index contributed by atoms with van der Waals surface area (Å²) in [5.74, 6) is -1.09. The smallest absolute Gasteiger partial charge is 0.225 e. The number of anilines is 1. The molecule has 27 heavy (non-hydrogen) atoms. The van der Waals surface area contributed by atoms with Crippen molar-refractivity contribution < 1.29 is 19.5 Å². The summed E-state index contributed by atoms with van der Waals surface area (Å²) < 4.78 is 0. The number of amides is 1. The van der Waals surface area contributed by atoms with Gasteiger partial charge in [0.15, 0.2) is 11.6 Å². The van der Waals surface area contributed by atoms with E-state index in [2.05, 4.69) is 10.2 Å². The molecule has 6 nitrogen and oxygen atoms in total. The van der Waals surface area contributed by atoms with Crippen molar-refractivity contribution in [2.75, 3.05) is 25.0 Å². The first-order chi connectivity index (χ1) is 13.0. The lowest BCUT2D eigenvalue weighted by Crippen LogP contribution is -2.27. The van der Waals surface area contributed by atoms with Crippen LogP contribution in [0.4, 0.5) is 5.69 Å². The predicted octanol–water partition coefficient (Wildman–Crippen LogP) is 2.84. The fourth-order valence-electron chi connectivity index (χ4n) is 3.25. The lowest BCUT2D eigenvalue weighted by atomic mass is 9.83. The van der Waals surface area contributed by atoms with Crippen molar-refractivity contribution in [1.29, 1.82) is 0 Å². The van der Waals surface area contributed by atoms with Gasteiger partial charge >= 0.3 is 0 Å². The van der Waals surface area contributed by atoms with Crippen LogP contribution in [0, 0.1) is 0 Å². The van der Waals surface area contributed by atoms with Gasteiger partial charge in [0.05, 0.1) is 5.69 Å². The van der Waals surface area contributed by atoms with E-state index in [9.17, 15) is 19.5 Å². The summed E-state index contributed by atoms with van der Waals surface area (Å²) in [7, 11) is 0. The summed E-state index contributed by atoms with van der Waals surface area (Å²) >= 11 is 0. The van der Waals surface area contributed by atoms with Crippen molar-refractivity contribution in [3.05, 3.63) is 58.7 Å². The van der Waals surface area contributed by atoms with Crippen molar-refractivity contribution >= 4 is 23.2 Å². The zero-order chi connectivity index (χ0) is 19.6. The van der Waals surface area contributed by atoms with Crippen LogP contribution < -0.4 is 5.32 Å². The second-order valence-corrected chi connectivity index (χ2v) is 6.44. The molecule has 0 fully saturated rings. The largest absolute Gasteiger partial charge is 0.506 e. The number of phenolic OH excluding ortho intramolecular Hbond substituents is 1. The Morgan fingerprint density at radius 3 is 2.07 bits per heavy atom. The highest BCUT2D eigenvalue weighted by atomic mass is 16.3. The molecule has 0 saturated carbocycles. The van der Waals surface area contributed by atoms with Crippen molar-refractivity contribution in [3.63, 3.8) is 0 Å². The van der Waals surface area contributed by atoms with Gasteiger partial charge in [-0.25, -0.2) is 0 Å². The molecular weight excluding hydrogens is 344 g/mol. The number of carbonyl (C=O) groups excluding carboxylic acids is 3. The number of nitrogens with one attached hydrogen (secondary N) is 1. The van der Waals surface area contributed by atoms with Crippen LogP contribution in [-0.4, -0.2) is 47.1 Å². The molecule has 0 bridgehead atoms. The highest BCUT2D eigenvalue weighted by Gasteiger charge is 2.30. The summed E-state index contributed by atoms with van der Waals surface area (Å²) in [6.45, 7) is 6.36. The first-order valence-corrected chi connectivity index (χ1v) is 9.03. The third kappa shape index (κ3) is 3.61. The highest BCUT2D eigenvalue weighted by molar-refractivity contribution is 6.28. The van der Waals surface area contributed by atoms with Gasteiger partial charge < -0.3 is 15.3 Å². The fourth-order valence-corrected chi connectivity index (χ4v) is 3.25. The van der Waals surface area contributed by atoms with Crippen LogP contribution in [0.25, 0.3) is 0 Å². The molecule has 140 valence electrons. The minimum absolute atomic E-state index is 0.138. The van der Waals surface area contributed by atoms with Gasteiger partial charge in [0.25, 0.3) is 0 Å². The molecule has 2 N–H and O–H groups in total. The van der Waals surface area contributed by atoms with Crippen LogP contribution in [0.1, 0.15) is 52.1 Å². The number of benzene rings is 2. The van der Waals surface area contributed by atoms with Crippen LogP contribution in [0.3, 0.4) is 0 Å². The molecular formula is C21H22N2O4. The van der Waals surface area contributed by atoms with E-state index in [1.165, 1.54) is 12.1 Å². The molecule has 0 saturated heterocycles. The topological polar surface area (TPSA) is 86.7 Å². The number of hydrogen-bond donors (Lipinski definition) is 2. The number of carbonyl (C=O) groups is 3. The quantitative estimate of drug-likeness (QED) is 0.655. The van der Waals surface area contributed by atoms with Gasteiger partial charge in [0, 0.05) is 35.2 Å². The monoisotopic (exact) mass is 366 g/mol. The van der Waals surface area contributed by atoms with Gasteiger partial charge in [0.2, 0.25) is 5.91 Å². The third-order valence-corrected chi connectivity index (χ3v) is 4.87. The third-order valence-electron chi connectivity index (χ3n) is 4.87. The first-order valence-electron chi connectivity index (χ1n) is 9.03. The number of ketones is 2. The zero-order valence-corrected chi connectivity index (χ0v) is 15.4. The molecule has 0 atom stereocenters. The molecule has 0 aromatic heterocycles. The second kappa shape index (κ2) is 7.72. The molecule has 0 unspecified atom stereocenters. The van der Waals surface area contributed by atoms with Gasteiger partial charge in [-0.15, -0.1) is 0 Å². The van der Waals surface area contributed by atoms with Crippen LogP contribution >= 0.6 is 0 Å². The zero-order valence-electron chi connectivity index (χ0n) is 15.4. The first kappa shape index (κ1) is 18.8. The van der Waals surface area contributed by atoms with Crippen LogP contribution in [0.2, 0.25) is 0 Å². The molecule has 2 aromatic rings. The van der Waals surface area contributed by atoms with Crippen LogP contribution in [-0.2, 0) is 4.79 Å². The van der Waals surface area contributed by atoms with E-state index in [4.69, 9.17) is 0 Å². The van der Waals surface area contributed by atoms with E-state index < -0.39 is 0 Å². The number of aromatic hydroxyl groups is 1. The predicted molar refractivity (Wildman–Crippen MR) is 102 cm³/mol. The van der Waals surface area contributed by atoms with Crippen molar-refractivity contribution in [2.24, 2.45) is 0 Å². The molecule has 1 aliphatic rings. The SMILES string of the molecule is CCN(CC)CCC(=O)Nc1cc2c(cc1O)C(=O)c1ccccc1C2=O. The Hall–Kier alpha value is -2.99. The lowest BCUT2D eigenvalue weighted by molar-refractivity contribution is -0.116. The average molecular weight is 366 g/mol. The van der Waals surface area contributed by atoms with Gasteiger partial charge in [-0.2, -0.15) is 0 Å². The Bertz CT molecular complexity index is 916. The summed E-state index contributed by atoms with van der Waals surface area (Å²) in [6.07, 6.45) is 0.272. The van der Waals surface area contributed by atoms with Crippen molar-refractivity contribution in [1.82, 2.24) is 4.90 Å². The van der Waals surface area contributed by atoms with E-state index >= 15 is 0 Å². The maximum atomic E-state index is 12.7. The number of hydrogen-bond acceptors (Lipinski definition) is 5. The normalized spacial score (nSPS) is 12.7. The maximum absolute atomic E-state index is 12.7. The van der Waals surface area contributed by atoms with Gasteiger partial charge in [0.1, 0.15) is 5.75 Å². The molecule has 1 aliphatic carbocycles. The minimum Gasteiger partial charge on any atom is -0.506 e. The maximum Gasteiger partial charge on any atom is 0.225 e. The summed E-state index contributed by atoms with van der Waals surface area (Å²) in [5, 5.41) is 12.9. The molecule has 0 radical (unpaired) electrons. The van der Waals surface area contributed by atoms with E-state index in [0.717, 1.165) is 13.1 Å². The second-order valence-electron chi connectivity index (χ2n) is 6.44. The number of nitrogens with zero attached hydrogens (tertiary/aromatic N) is 1. The number of rotatable bonds is 6. The number of phenols is 1. The number of fused-ring (bicyclic) bond motifs is 2. The Balaban J connectivity index is 1.85. The van der Waals surface area contributed by atoms with Gasteiger partial charge in [-0.05, 0) is 25.2 Å². The minimum atomic E-state index is -0.310. The lowest BCUT2D eigenvalue weighted by Gasteiger charge is -2.20. The van der Waals surface area contributed by atoms with Crippen LogP contribution in [0.5, 0.6) is 5.75 Å². The summed E-state index contributed by atoms with van der Waals surface area (Å²) in [6, 6.07) is 9.23. The van der Waals surface area contributed by atoms with E-state index in [0.29, 0.717) is 17.7 Å². The highest BCUT2D eigenvalue weighted by Crippen LogP contribution is 2.34. The molecule has 0 heterocycles. The van der Waals surface area contributed by atoms with Crippen LogP contribution in [0.15, 0.2) is 36.4 Å². The fraction of sp³-hybridized carbons (Fsp3) is 0.286. The summed E-state index contributed by atoms with van der Waals surface area (Å²) in [5.41, 5.74) is 1.14. The van der Waals surface area contributed by atoms with Gasteiger partial charge in [-0.1, -0.05) is 38.1 Å². The van der Waals surface area contributed by atoms with Crippen molar-refractivity contribution in [3.8, 4) is 5.75 Å². The Morgan fingerprint density at radius 1 is 0.963 bits per heavy atom. The molecule has 0 spiro atoms. The Morgan fingerprint density at radius 2 is 1.52 bits per heavy atom. The molecule has 3 rings (SSSR count). The molecule has 2 aromatic carbocycles. The Kier molecular flexibility index (Phi) is 5.37. The molecule has 0 aliphatic heterocycles. The van der Waals surface area contributed by atoms with Gasteiger partial charge in [-0.3, -0.25) is 14.4 Å². The van der Waals surface area contributed by atoms with E-state index in [1.807, 2.05) is 13.8 Å². The molecule has 1 amide bonds. The molecule has 6 heteroatoms. The summed E-state index contributed by atoms with van der Waals surface area (Å²) in [4.78, 5) is 39.7. The van der Waals surface area contributed by atoms with E-state index in [1.54, 1.807) is 24.3 Å². The Labute approximate surface area is 157 Å². The van der Waals surface area contributed by atoms with Crippen molar-refractivity contribution in [2.45, 2.75) is 20.3 Å².